The first kappa shape index (κ1) is 13.9. The second-order valence-electron chi connectivity index (χ2n) is 4.73. The van der Waals surface area contributed by atoms with Crippen molar-refractivity contribution in [2.45, 2.75) is 30.7 Å². The van der Waals surface area contributed by atoms with Crippen molar-refractivity contribution in [3.8, 4) is 0 Å². The van der Waals surface area contributed by atoms with Crippen LogP contribution in [0.3, 0.4) is 0 Å². The molecule has 1 unspecified atom stereocenters. The molecule has 1 atom stereocenters. The standard InChI is InChI=1S/C15H23NOS/c1-3-16-15(12-8-10-17-11-9-12)13-6-4-5-7-14(13)18-2/h4-7,12,15-16H,3,8-11H2,1-2H3. The molecule has 0 spiro atoms. The van der Waals surface area contributed by atoms with Crippen LogP contribution in [0.15, 0.2) is 29.2 Å². The van der Waals surface area contributed by atoms with Gasteiger partial charge < -0.3 is 10.1 Å². The van der Waals surface area contributed by atoms with Crippen LogP contribution in [0.5, 0.6) is 0 Å². The van der Waals surface area contributed by atoms with Crippen molar-refractivity contribution in [1.29, 1.82) is 0 Å². The second kappa shape index (κ2) is 7.17. The maximum Gasteiger partial charge on any atom is 0.0469 e. The third kappa shape index (κ3) is 3.28. The van der Waals surface area contributed by atoms with Gasteiger partial charge >= 0.3 is 0 Å². The van der Waals surface area contributed by atoms with Crippen molar-refractivity contribution in [2.24, 2.45) is 5.92 Å². The third-order valence-corrected chi connectivity index (χ3v) is 4.45. The van der Waals surface area contributed by atoms with Gasteiger partial charge in [0, 0.05) is 24.2 Å². The van der Waals surface area contributed by atoms with E-state index in [0.717, 1.165) is 19.8 Å². The molecule has 1 aromatic rings. The summed E-state index contributed by atoms with van der Waals surface area (Å²) in [5.41, 5.74) is 1.46. The van der Waals surface area contributed by atoms with Crippen LogP contribution in [0.25, 0.3) is 0 Å². The van der Waals surface area contributed by atoms with Gasteiger partial charge in [-0.05, 0) is 43.2 Å². The summed E-state index contributed by atoms with van der Waals surface area (Å²) in [5.74, 6) is 0.701. The first-order valence-corrected chi connectivity index (χ1v) is 8.03. The van der Waals surface area contributed by atoms with Gasteiger partial charge in [-0.2, -0.15) is 0 Å². The molecule has 100 valence electrons. The number of benzene rings is 1. The van der Waals surface area contributed by atoms with Gasteiger partial charge in [0.25, 0.3) is 0 Å². The van der Waals surface area contributed by atoms with Crippen LogP contribution in [0.4, 0.5) is 0 Å². The predicted molar refractivity (Wildman–Crippen MR) is 78.2 cm³/mol. The van der Waals surface area contributed by atoms with E-state index in [2.05, 4.69) is 42.8 Å². The van der Waals surface area contributed by atoms with Crippen LogP contribution in [-0.4, -0.2) is 26.0 Å². The first-order valence-electron chi connectivity index (χ1n) is 6.80. The monoisotopic (exact) mass is 265 g/mol. The smallest absolute Gasteiger partial charge is 0.0469 e. The number of hydrogen-bond donors (Lipinski definition) is 1. The fourth-order valence-corrected chi connectivity index (χ4v) is 3.37. The molecular weight excluding hydrogens is 242 g/mol. The molecule has 2 nitrogen and oxygen atoms in total. The topological polar surface area (TPSA) is 21.3 Å². The molecule has 1 heterocycles. The Bertz CT molecular complexity index is 363. The van der Waals surface area contributed by atoms with Gasteiger partial charge in [0.05, 0.1) is 0 Å². The van der Waals surface area contributed by atoms with Crippen LogP contribution < -0.4 is 5.32 Å². The molecule has 0 aliphatic carbocycles. The van der Waals surface area contributed by atoms with Gasteiger partial charge in [-0.1, -0.05) is 25.1 Å². The van der Waals surface area contributed by atoms with Gasteiger partial charge in [-0.25, -0.2) is 0 Å². The van der Waals surface area contributed by atoms with E-state index in [4.69, 9.17) is 4.74 Å². The zero-order valence-corrected chi connectivity index (χ0v) is 12.1. The summed E-state index contributed by atoms with van der Waals surface area (Å²) in [4.78, 5) is 1.40. The number of thioether (sulfide) groups is 1. The zero-order chi connectivity index (χ0) is 12.8. The molecule has 0 aromatic heterocycles. The van der Waals surface area contributed by atoms with E-state index in [1.54, 1.807) is 0 Å². The Balaban J connectivity index is 2.22. The summed E-state index contributed by atoms with van der Waals surface area (Å²) in [5, 5.41) is 3.67. The molecule has 1 aliphatic rings. The fourth-order valence-electron chi connectivity index (χ4n) is 2.72. The highest BCUT2D eigenvalue weighted by Gasteiger charge is 2.26. The molecule has 2 rings (SSSR count). The van der Waals surface area contributed by atoms with E-state index in [1.165, 1.54) is 23.3 Å². The number of rotatable bonds is 5. The quantitative estimate of drug-likeness (QED) is 0.824. The van der Waals surface area contributed by atoms with Gasteiger partial charge in [-0.3, -0.25) is 0 Å². The zero-order valence-electron chi connectivity index (χ0n) is 11.3. The molecule has 1 aromatic carbocycles. The van der Waals surface area contributed by atoms with Gasteiger partial charge in [0.2, 0.25) is 0 Å². The fraction of sp³-hybridized carbons (Fsp3) is 0.600. The van der Waals surface area contributed by atoms with Crippen LogP contribution >= 0.6 is 11.8 Å². The average molecular weight is 265 g/mol. The van der Waals surface area contributed by atoms with E-state index < -0.39 is 0 Å². The Labute approximate surface area is 114 Å². The first-order chi connectivity index (χ1) is 8.86. The highest BCUT2D eigenvalue weighted by atomic mass is 32.2. The van der Waals surface area contributed by atoms with Gasteiger partial charge in [0.1, 0.15) is 0 Å². The average Bonchev–Trinajstić information content (AvgIpc) is 2.46. The SMILES string of the molecule is CCNC(c1ccccc1SC)C1CCOCC1. The predicted octanol–water partition coefficient (Wildman–Crippen LogP) is 3.49. The van der Waals surface area contributed by atoms with E-state index in [-0.39, 0.29) is 0 Å². The van der Waals surface area contributed by atoms with Crippen molar-refractivity contribution in [1.82, 2.24) is 5.32 Å². The van der Waals surface area contributed by atoms with Crippen LogP contribution in [0.2, 0.25) is 0 Å². The molecule has 18 heavy (non-hydrogen) atoms. The molecular formula is C15H23NOS. The molecule has 3 heteroatoms. The summed E-state index contributed by atoms with van der Waals surface area (Å²) in [6.07, 6.45) is 4.49. The highest BCUT2D eigenvalue weighted by Crippen LogP contribution is 2.34. The van der Waals surface area contributed by atoms with Crippen molar-refractivity contribution in [3.05, 3.63) is 29.8 Å². The second-order valence-corrected chi connectivity index (χ2v) is 5.58. The molecule has 0 saturated carbocycles. The van der Waals surface area contributed by atoms with Crippen molar-refractivity contribution < 1.29 is 4.74 Å². The maximum atomic E-state index is 5.49. The van der Waals surface area contributed by atoms with Crippen molar-refractivity contribution in [3.63, 3.8) is 0 Å². The van der Waals surface area contributed by atoms with Gasteiger partial charge in [0.15, 0.2) is 0 Å². The summed E-state index contributed by atoms with van der Waals surface area (Å²) in [6.45, 7) is 5.03. The van der Waals surface area contributed by atoms with E-state index in [0.29, 0.717) is 12.0 Å². The van der Waals surface area contributed by atoms with E-state index in [9.17, 15) is 0 Å². The molecule has 0 radical (unpaired) electrons. The molecule has 0 bridgehead atoms. The highest BCUT2D eigenvalue weighted by molar-refractivity contribution is 7.98. The molecule has 1 aliphatic heterocycles. The minimum atomic E-state index is 0.475. The minimum Gasteiger partial charge on any atom is -0.381 e. The molecule has 1 saturated heterocycles. The normalized spacial score (nSPS) is 18.8. The lowest BCUT2D eigenvalue weighted by Crippen LogP contribution is -2.32. The Hall–Kier alpha value is -0.510. The lowest BCUT2D eigenvalue weighted by molar-refractivity contribution is 0.0535. The number of ether oxygens (including phenoxy) is 1. The Morgan fingerprint density at radius 1 is 1.33 bits per heavy atom. The summed E-state index contributed by atoms with van der Waals surface area (Å²) in [7, 11) is 0. The Kier molecular flexibility index (Phi) is 5.54. The van der Waals surface area contributed by atoms with Crippen molar-refractivity contribution in [2.75, 3.05) is 26.0 Å². The van der Waals surface area contributed by atoms with Crippen molar-refractivity contribution >= 4 is 11.8 Å². The summed E-state index contributed by atoms with van der Waals surface area (Å²) < 4.78 is 5.49. The molecule has 0 amide bonds. The van der Waals surface area contributed by atoms with Crippen LogP contribution in [0, 0.1) is 5.92 Å². The lowest BCUT2D eigenvalue weighted by Gasteiger charge is -2.32. The van der Waals surface area contributed by atoms with E-state index >= 15 is 0 Å². The Morgan fingerprint density at radius 2 is 2.06 bits per heavy atom. The molecule has 1 N–H and O–H groups in total. The van der Waals surface area contributed by atoms with Crippen LogP contribution in [0.1, 0.15) is 31.4 Å². The lowest BCUT2D eigenvalue weighted by atomic mass is 9.87. The third-order valence-electron chi connectivity index (χ3n) is 3.64. The van der Waals surface area contributed by atoms with Crippen LogP contribution in [-0.2, 0) is 4.74 Å². The van der Waals surface area contributed by atoms with Gasteiger partial charge in [-0.15, -0.1) is 11.8 Å². The summed E-state index contributed by atoms with van der Waals surface area (Å²) >= 11 is 1.84. The largest absolute Gasteiger partial charge is 0.381 e. The number of nitrogens with one attached hydrogen (secondary N) is 1. The minimum absolute atomic E-state index is 0.475. The van der Waals surface area contributed by atoms with E-state index in [1.807, 2.05) is 11.8 Å². The Morgan fingerprint density at radius 3 is 2.72 bits per heavy atom. The summed E-state index contributed by atoms with van der Waals surface area (Å²) in [6, 6.07) is 9.25. The molecule has 1 fully saturated rings. The number of hydrogen-bond acceptors (Lipinski definition) is 3. The maximum absolute atomic E-state index is 5.49.